The maximum Gasteiger partial charge on any atom is 0.311 e. The number of rotatable bonds is 13. The summed E-state index contributed by atoms with van der Waals surface area (Å²) in [5, 5.41) is 11.1. The summed E-state index contributed by atoms with van der Waals surface area (Å²) in [6.07, 6.45) is 10.5. The van der Waals surface area contributed by atoms with Gasteiger partial charge < -0.3 is 14.6 Å². The van der Waals surface area contributed by atoms with E-state index < -0.39 is 5.97 Å². The Bertz CT molecular complexity index is 829. The van der Waals surface area contributed by atoms with Crippen LogP contribution in [0.5, 0.6) is 17.2 Å². The lowest BCUT2D eigenvalue weighted by Crippen LogP contribution is -2.11. The number of carbonyl (C=O) groups excluding carboxylic acids is 2. The van der Waals surface area contributed by atoms with Gasteiger partial charge in [0.1, 0.15) is 5.75 Å². The summed E-state index contributed by atoms with van der Waals surface area (Å²) in [6.45, 7) is 11.8. The zero-order valence-electron chi connectivity index (χ0n) is 20.7. The largest absolute Gasteiger partial charge is 0.504 e. The van der Waals surface area contributed by atoms with Gasteiger partial charge in [-0.1, -0.05) is 56.9 Å². The molecule has 1 rings (SSSR count). The van der Waals surface area contributed by atoms with E-state index in [0.717, 1.165) is 32.1 Å². The maximum atomic E-state index is 12.1. The summed E-state index contributed by atoms with van der Waals surface area (Å²) in [6, 6.07) is 1.75. The molecule has 0 saturated carbocycles. The Hall–Kier alpha value is -2.56. The number of esters is 2. The van der Waals surface area contributed by atoms with Gasteiger partial charge in [-0.3, -0.25) is 9.59 Å². The number of hydrogen-bond acceptors (Lipinski definition) is 5. The molecule has 178 valence electrons. The van der Waals surface area contributed by atoms with Gasteiger partial charge in [-0.2, -0.15) is 0 Å². The van der Waals surface area contributed by atoms with Gasteiger partial charge in [0, 0.05) is 24.0 Å². The van der Waals surface area contributed by atoms with Gasteiger partial charge >= 0.3 is 11.9 Å². The maximum absolute atomic E-state index is 12.1. The highest BCUT2D eigenvalue weighted by Crippen LogP contribution is 2.42. The van der Waals surface area contributed by atoms with Crippen LogP contribution in [0.3, 0.4) is 0 Å². The molecule has 0 aliphatic heterocycles. The standard InChI is InChI=1S/C27H40O5/c1-7-10-11-15-21-18-23(31-24(28)8-2)22(26(30)27(21)32-25(29)9-3)17-16-20(6)14-12-13-19(4)5/h13,16,18,30H,7-12,14-15,17H2,1-6H3/b20-16+. The number of phenols is 1. The third-order valence-corrected chi connectivity index (χ3v) is 5.21. The minimum atomic E-state index is -0.408. The molecule has 32 heavy (non-hydrogen) atoms. The van der Waals surface area contributed by atoms with Gasteiger partial charge in [0.25, 0.3) is 0 Å². The molecule has 5 heteroatoms. The van der Waals surface area contributed by atoms with Gasteiger partial charge in [-0.25, -0.2) is 0 Å². The van der Waals surface area contributed by atoms with E-state index in [1.807, 2.05) is 13.0 Å². The van der Waals surface area contributed by atoms with Crippen molar-refractivity contribution in [1.29, 1.82) is 0 Å². The average molecular weight is 445 g/mol. The number of aryl methyl sites for hydroxylation is 1. The monoisotopic (exact) mass is 444 g/mol. The average Bonchev–Trinajstić information content (AvgIpc) is 2.75. The molecule has 5 nitrogen and oxygen atoms in total. The van der Waals surface area contributed by atoms with E-state index in [0.29, 0.717) is 29.7 Å². The number of phenolic OH excluding ortho intramolecular Hbond substituents is 1. The molecular weight excluding hydrogens is 404 g/mol. The highest BCUT2D eigenvalue weighted by Gasteiger charge is 2.22. The van der Waals surface area contributed by atoms with E-state index in [4.69, 9.17) is 9.47 Å². The van der Waals surface area contributed by atoms with E-state index >= 15 is 0 Å². The van der Waals surface area contributed by atoms with Crippen molar-refractivity contribution in [1.82, 2.24) is 0 Å². The Morgan fingerprint density at radius 2 is 1.62 bits per heavy atom. The van der Waals surface area contributed by atoms with E-state index in [-0.39, 0.29) is 30.3 Å². The van der Waals surface area contributed by atoms with Crippen molar-refractivity contribution in [3.8, 4) is 17.2 Å². The second-order valence-corrected chi connectivity index (χ2v) is 8.38. The van der Waals surface area contributed by atoms with Crippen molar-refractivity contribution in [3.05, 3.63) is 40.5 Å². The summed E-state index contributed by atoms with van der Waals surface area (Å²) >= 11 is 0. The van der Waals surface area contributed by atoms with Gasteiger partial charge in [0.2, 0.25) is 0 Å². The topological polar surface area (TPSA) is 72.8 Å². The Balaban J connectivity index is 3.38. The smallest absolute Gasteiger partial charge is 0.311 e. The molecular formula is C27H40O5. The van der Waals surface area contributed by atoms with Crippen molar-refractivity contribution in [2.45, 2.75) is 99.3 Å². The SMILES string of the molecule is CCCCCc1cc(OC(=O)CC)c(C/C=C(\C)CCC=C(C)C)c(O)c1OC(=O)CC. The van der Waals surface area contributed by atoms with Gasteiger partial charge in [0.15, 0.2) is 11.5 Å². The van der Waals surface area contributed by atoms with Gasteiger partial charge in [-0.15, -0.1) is 0 Å². The lowest BCUT2D eigenvalue weighted by Gasteiger charge is -2.18. The molecule has 0 amide bonds. The first-order valence-electron chi connectivity index (χ1n) is 11.8. The molecule has 0 aromatic heterocycles. The zero-order chi connectivity index (χ0) is 24.1. The van der Waals surface area contributed by atoms with Crippen molar-refractivity contribution in [2.75, 3.05) is 0 Å². The number of allylic oxidation sites excluding steroid dienone is 4. The normalized spacial score (nSPS) is 11.2. The molecule has 1 aromatic carbocycles. The molecule has 0 aliphatic carbocycles. The first-order valence-corrected chi connectivity index (χ1v) is 11.8. The highest BCUT2D eigenvalue weighted by atomic mass is 16.5. The molecule has 0 unspecified atom stereocenters. The van der Waals surface area contributed by atoms with Crippen LogP contribution in [0.1, 0.15) is 97.6 Å². The number of carbonyl (C=O) groups is 2. The minimum absolute atomic E-state index is 0.118. The van der Waals surface area contributed by atoms with Crippen LogP contribution in [0.4, 0.5) is 0 Å². The molecule has 0 radical (unpaired) electrons. The minimum Gasteiger partial charge on any atom is -0.504 e. The molecule has 0 spiro atoms. The number of unbranched alkanes of at least 4 members (excludes halogenated alkanes) is 2. The molecule has 0 heterocycles. The van der Waals surface area contributed by atoms with Crippen molar-refractivity contribution >= 4 is 11.9 Å². The summed E-state index contributed by atoms with van der Waals surface area (Å²) < 4.78 is 11.1. The Labute approximate surface area is 193 Å². The summed E-state index contributed by atoms with van der Waals surface area (Å²) in [5.74, 6) is -0.365. The van der Waals surface area contributed by atoms with Gasteiger partial charge in [-0.05, 0) is 58.9 Å². The number of benzene rings is 1. The fourth-order valence-electron chi connectivity index (χ4n) is 3.22. The quantitative estimate of drug-likeness (QED) is 0.154. The van der Waals surface area contributed by atoms with Crippen LogP contribution in [0.2, 0.25) is 0 Å². The van der Waals surface area contributed by atoms with E-state index in [9.17, 15) is 14.7 Å². The van der Waals surface area contributed by atoms with Crippen LogP contribution in [0.25, 0.3) is 0 Å². The molecule has 1 N–H and O–H groups in total. The molecule has 0 aliphatic rings. The highest BCUT2D eigenvalue weighted by molar-refractivity contribution is 5.76. The van der Waals surface area contributed by atoms with E-state index in [1.165, 1.54) is 11.1 Å². The third kappa shape index (κ3) is 9.29. The Morgan fingerprint density at radius 3 is 2.22 bits per heavy atom. The summed E-state index contributed by atoms with van der Waals surface area (Å²) in [7, 11) is 0. The fraction of sp³-hybridized carbons (Fsp3) is 0.556. The molecule has 1 aromatic rings. The van der Waals surface area contributed by atoms with E-state index in [1.54, 1.807) is 19.9 Å². The van der Waals surface area contributed by atoms with Crippen LogP contribution >= 0.6 is 0 Å². The van der Waals surface area contributed by atoms with Gasteiger partial charge in [0.05, 0.1) is 0 Å². The summed E-state index contributed by atoms with van der Waals surface area (Å²) in [5.41, 5.74) is 3.61. The first kappa shape index (κ1) is 27.5. The lowest BCUT2D eigenvalue weighted by molar-refractivity contribution is -0.135. The predicted molar refractivity (Wildman–Crippen MR) is 129 cm³/mol. The molecule has 0 atom stereocenters. The van der Waals surface area contributed by atoms with Crippen LogP contribution < -0.4 is 9.47 Å². The van der Waals surface area contributed by atoms with Crippen LogP contribution in [0, 0.1) is 0 Å². The van der Waals surface area contributed by atoms with Crippen LogP contribution in [-0.2, 0) is 22.4 Å². The second-order valence-electron chi connectivity index (χ2n) is 8.38. The Kier molecular flexibility index (Phi) is 12.4. The molecule has 0 bridgehead atoms. The first-order chi connectivity index (χ1) is 15.2. The number of ether oxygens (including phenoxy) is 2. The fourth-order valence-corrected chi connectivity index (χ4v) is 3.22. The van der Waals surface area contributed by atoms with E-state index in [2.05, 4.69) is 26.8 Å². The number of aromatic hydroxyl groups is 1. The van der Waals surface area contributed by atoms with Crippen molar-refractivity contribution in [2.24, 2.45) is 0 Å². The van der Waals surface area contributed by atoms with Crippen LogP contribution in [0.15, 0.2) is 29.4 Å². The van der Waals surface area contributed by atoms with Crippen molar-refractivity contribution < 1.29 is 24.2 Å². The Morgan fingerprint density at radius 1 is 0.969 bits per heavy atom. The summed E-state index contributed by atoms with van der Waals surface area (Å²) in [4.78, 5) is 24.1. The second kappa shape index (κ2) is 14.5. The lowest BCUT2D eigenvalue weighted by atomic mass is 9.99. The predicted octanol–water partition coefficient (Wildman–Crippen LogP) is 6.99. The molecule has 0 fully saturated rings. The zero-order valence-corrected chi connectivity index (χ0v) is 20.7. The third-order valence-electron chi connectivity index (χ3n) is 5.21. The molecule has 0 saturated heterocycles. The number of hydrogen-bond donors (Lipinski definition) is 1. The van der Waals surface area contributed by atoms with Crippen LogP contribution in [-0.4, -0.2) is 17.0 Å². The van der Waals surface area contributed by atoms with Crippen molar-refractivity contribution in [3.63, 3.8) is 0 Å².